The molecule has 0 aliphatic rings. The highest BCUT2D eigenvalue weighted by molar-refractivity contribution is 5.98. The number of nitrogens with zero attached hydrogens (tertiary/aromatic N) is 2. The number of rotatable bonds is 5. The van der Waals surface area contributed by atoms with Crippen LogP contribution in [0.15, 0.2) is 30.6 Å². The highest BCUT2D eigenvalue weighted by atomic mass is 16.5. The lowest BCUT2D eigenvalue weighted by molar-refractivity contribution is 0.100. The van der Waals surface area contributed by atoms with E-state index in [9.17, 15) is 4.79 Å². The van der Waals surface area contributed by atoms with E-state index in [2.05, 4.69) is 15.3 Å². The van der Waals surface area contributed by atoms with E-state index in [-0.39, 0.29) is 5.56 Å². The van der Waals surface area contributed by atoms with E-state index >= 15 is 0 Å². The fourth-order valence-electron chi connectivity index (χ4n) is 1.63. The van der Waals surface area contributed by atoms with Crippen molar-refractivity contribution in [2.24, 2.45) is 5.73 Å². The molecule has 2 heterocycles. The summed E-state index contributed by atoms with van der Waals surface area (Å²) in [5.74, 6) is 0.347. The molecule has 2 aromatic heterocycles. The van der Waals surface area contributed by atoms with Gasteiger partial charge in [-0.15, -0.1) is 0 Å². The van der Waals surface area contributed by atoms with Gasteiger partial charge in [0.15, 0.2) is 0 Å². The molecule has 0 radical (unpaired) electrons. The highest BCUT2D eigenvalue weighted by Gasteiger charge is 2.10. The van der Waals surface area contributed by atoms with Gasteiger partial charge in [-0.1, -0.05) is 6.07 Å². The highest BCUT2D eigenvalue weighted by Crippen LogP contribution is 2.16. The van der Waals surface area contributed by atoms with E-state index in [1.165, 1.54) is 12.3 Å². The predicted octanol–water partition coefficient (Wildman–Crippen LogP) is 0.778. The number of primary amides is 1. The van der Waals surface area contributed by atoms with Crippen molar-refractivity contribution in [3.63, 3.8) is 0 Å². The van der Waals surface area contributed by atoms with Crippen LogP contribution in [0, 0.1) is 0 Å². The van der Waals surface area contributed by atoms with E-state index in [0.717, 1.165) is 5.56 Å². The van der Waals surface area contributed by atoms with Gasteiger partial charge < -0.3 is 21.5 Å². The number of amides is 1. The molecule has 0 saturated carbocycles. The average Bonchev–Trinajstić information content (AvgIpc) is 2.46. The summed E-state index contributed by atoms with van der Waals surface area (Å²) in [7, 11) is 1.55. The minimum atomic E-state index is -0.583. The van der Waals surface area contributed by atoms with Gasteiger partial charge in [-0.05, 0) is 11.6 Å². The molecule has 0 aromatic carbocycles. The topological polar surface area (TPSA) is 116 Å². The Morgan fingerprint density at radius 3 is 2.75 bits per heavy atom. The average molecular weight is 273 g/mol. The second-order valence-electron chi connectivity index (χ2n) is 4.09. The summed E-state index contributed by atoms with van der Waals surface area (Å²) in [6.07, 6.45) is 3.13. The van der Waals surface area contributed by atoms with E-state index in [0.29, 0.717) is 23.9 Å². The first kappa shape index (κ1) is 13.6. The summed E-state index contributed by atoms with van der Waals surface area (Å²) in [5.41, 5.74) is 12.4. The zero-order valence-electron chi connectivity index (χ0n) is 11.0. The summed E-state index contributed by atoms with van der Waals surface area (Å²) in [6, 6.07) is 5.10. The summed E-state index contributed by atoms with van der Waals surface area (Å²) < 4.78 is 4.98. The van der Waals surface area contributed by atoms with Crippen molar-refractivity contribution in [1.82, 2.24) is 9.97 Å². The Bertz CT molecular complexity index is 613. The molecule has 0 bridgehead atoms. The van der Waals surface area contributed by atoms with E-state index < -0.39 is 5.91 Å². The molecule has 2 rings (SSSR count). The molecule has 0 aliphatic heterocycles. The molecule has 7 nitrogen and oxygen atoms in total. The zero-order chi connectivity index (χ0) is 14.5. The van der Waals surface area contributed by atoms with Crippen LogP contribution in [0.3, 0.4) is 0 Å². The van der Waals surface area contributed by atoms with Gasteiger partial charge in [0, 0.05) is 18.8 Å². The van der Waals surface area contributed by atoms with Crippen LogP contribution < -0.4 is 21.5 Å². The molecule has 0 spiro atoms. The molecule has 0 fully saturated rings. The van der Waals surface area contributed by atoms with Gasteiger partial charge in [-0.3, -0.25) is 4.79 Å². The predicted molar refractivity (Wildman–Crippen MR) is 75.3 cm³/mol. The molecule has 5 N–H and O–H groups in total. The fourth-order valence-corrected chi connectivity index (χ4v) is 1.63. The number of nitrogens with two attached hydrogens (primary N) is 2. The maximum atomic E-state index is 11.3. The van der Waals surface area contributed by atoms with Crippen molar-refractivity contribution in [3.8, 4) is 5.88 Å². The normalized spacial score (nSPS) is 10.1. The summed E-state index contributed by atoms with van der Waals surface area (Å²) >= 11 is 0. The number of nitrogens with one attached hydrogen (secondary N) is 1. The third-order valence-electron chi connectivity index (χ3n) is 2.64. The lowest BCUT2D eigenvalue weighted by atomic mass is 10.2. The van der Waals surface area contributed by atoms with Crippen LogP contribution in [-0.2, 0) is 6.54 Å². The first-order valence-corrected chi connectivity index (χ1v) is 5.88. The number of hydrogen-bond acceptors (Lipinski definition) is 6. The maximum Gasteiger partial charge on any atom is 0.252 e. The fraction of sp³-hybridized carbons (Fsp3) is 0.154. The van der Waals surface area contributed by atoms with E-state index in [1.54, 1.807) is 19.4 Å². The minimum Gasteiger partial charge on any atom is -0.481 e. The number of anilines is 2. The summed E-state index contributed by atoms with van der Waals surface area (Å²) in [6.45, 7) is 0.453. The van der Waals surface area contributed by atoms with Crippen molar-refractivity contribution < 1.29 is 9.53 Å². The van der Waals surface area contributed by atoms with Crippen LogP contribution in [0.5, 0.6) is 5.88 Å². The summed E-state index contributed by atoms with van der Waals surface area (Å²) in [4.78, 5) is 19.5. The van der Waals surface area contributed by atoms with Crippen molar-refractivity contribution in [2.75, 3.05) is 18.2 Å². The first-order chi connectivity index (χ1) is 9.60. The number of aromatic nitrogens is 2. The third kappa shape index (κ3) is 3.14. The van der Waals surface area contributed by atoms with Crippen molar-refractivity contribution in [3.05, 3.63) is 41.7 Å². The van der Waals surface area contributed by atoms with Gasteiger partial charge in [-0.25, -0.2) is 9.97 Å². The standard InChI is InChI=1S/C13H15N5O2/c1-20-11-3-2-8(5-16-11)6-17-13-10(12(15)19)4-9(14)7-18-13/h2-5,7H,6,14H2,1H3,(H2,15,19)(H,17,18). The summed E-state index contributed by atoms with van der Waals surface area (Å²) in [5, 5.41) is 3.03. The Kier molecular flexibility index (Phi) is 3.99. The van der Waals surface area contributed by atoms with Crippen molar-refractivity contribution in [1.29, 1.82) is 0 Å². The van der Waals surface area contributed by atoms with Crippen molar-refractivity contribution in [2.45, 2.75) is 6.54 Å². The molecule has 2 aromatic rings. The Balaban J connectivity index is 2.12. The third-order valence-corrected chi connectivity index (χ3v) is 2.64. The molecule has 7 heteroatoms. The second kappa shape index (κ2) is 5.87. The molecule has 1 amide bonds. The van der Waals surface area contributed by atoms with Crippen LogP contribution in [0.4, 0.5) is 11.5 Å². The molecule has 20 heavy (non-hydrogen) atoms. The van der Waals surface area contributed by atoms with Crippen LogP contribution in [0.25, 0.3) is 0 Å². The number of methoxy groups -OCH3 is 1. The van der Waals surface area contributed by atoms with Crippen molar-refractivity contribution >= 4 is 17.4 Å². The number of nitrogen functional groups attached to an aromatic ring is 1. The van der Waals surface area contributed by atoms with Gasteiger partial charge in [0.25, 0.3) is 5.91 Å². The largest absolute Gasteiger partial charge is 0.481 e. The quantitative estimate of drug-likeness (QED) is 0.741. The van der Waals surface area contributed by atoms with Gasteiger partial charge in [-0.2, -0.15) is 0 Å². The van der Waals surface area contributed by atoms with Gasteiger partial charge in [0.2, 0.25) is 5.88 Å². The van der Waals surface area contributed by atoms with Crippen LogP contribution in [0.1, 0.15) is 15.9 Å². The van der Waals surface area contributed by atoms with E-state index in [4.69, 9.17) is 16.2 Å². The number of ether oxygens (including phenoxy) is 1. The second-order valence-corrected chi connectivity index (χ2v) is 4.09. The molecule has 0 atom stereocenters. The SMILES string of the molecule is COc1ccc(CNc2ncc(N)cc2C(N)=O)cn1. The first-order valence-electron chi connectivity index (χ1n) is 5.88. The molecular weight excluding hydrogens is 258 g/mol. The van der Waals surface area contributed by atoms with E-state index in [1.807, 2.05) is 6.07 Å². The minimum absolute atomic E-state index is 0.256. The Hall–Kier alpha value is -2.83. The lowest BCUT2D eigenvalue weighted by Crippen LogP contribution is -2.16. The van der Waals surface area contributed by atoms with Crippen LogP contribution in [-0.4, -0.2) is 23.0 Å². The smallest absolute Gasteiger partial charge is 0.252 e. The molecule has 104 valence electrons. The number of carbonyl (C=O) groups is 1. The Morgan fingerprint density at radius 2 is 2.15 bits per heavy atom. The molecule has 0 saturated heterocycles. The number of hydrogen-bond donors (Lipinski definition) is 3. The van der Waals surface area contributed by atoms with Crippen LogP contribution in [0.2, 0.25) is 0 Å². The van der Waals surface area contributed by atoms with Gasteiger partial charge in [0.1, 0.15) is 5.82 Å². The molecular formula is C13H15N5O2. The number of carbonyl (C=O) groups excluding carboxylic acids is 1. The molecule has 0 aliphatic carbocycles. The lowest BCUT2D eigenvalue weighted by Gasteiger charge is -2.09. The van der Waals surface area contributed by atoms with Gasteiger partial charge in [0.05, 0.1) is 24.6 Å². The maximum absolute atomic E-state index is 11.3. The zero-order valence-corrected chi connectivity index (χ0v) is 11.0. The Labute approximate surface area is 116 Å². The van der Waals surface area contributed by atoms with Gasteiger partial charge >= 0.3 is 0 Å². The molecule has 0 unspecified atom stereocenters. The monoisotopic (exact) mass is 273 g/mol. The Morgan fingerprint density at radius 1 is 1.35 bits per heavy atom. The number of pyridine rings is 2. The van der Waals surface area contributed by atoms with Crippen LogP contribution >= 0.6 is 0 Å².